The summed E-state index contributed by atoms with van der Waals surface area (Å²) in [5.74, 6) is 1.42. The van der Waals surface area contributed by atoms with E-state index in [4.69, 9.17) is 21.1 Å². The molecule has 33 heavy (non-hydrogen) atoms. The number of amides is 2. The normalized spacial score (nSPS) is 15.4. The molecule has 0 spiro atoms. The van der Waals surface area contributed by atoms with Gasteiger partial charge in [-0.05, 0) is 47.5 Å². The van der Waals surface area contributed by atoms with Crippen molar-refractivity contribution in [1.82, 2.24) is 4.90 Å². The molecule has 170 valence electrons. The van der Waals surface area contributed by atoms with Gasteiger partial charge in [-0.15, -0.1) is 11.8 Å². The number of hydrogen-bond donors (Lipinski definition) is 1. The van der Waals surface area contributed by atoms with Gasteiger partial charge in [-0.1, -0.05) is 35.9 Å². The number of halogens is 1. The van der Waals surface area contributed by atoms with Gasteiger partial charge in [0.2, 0.25) is 5.91 Å². The van der Waals surface area contributed by atoms with Crippen LogP contribution >= 0.6 is 23.4 Å². The molecule has 1 aliphatic rings. The maximum absolute atomic E-state index is 12.8. The third kappa shape index (κ3) is 5.26. The van der Waals surface area contributed by atoms with Gasteiger partial charge in [-0.25, -0.2) is 0 Å². The molecule has 1 heterocycles. The smallest absolute Gasteiger partial charge is 0.255 e. The van der Waals surface area contributed by atoms with Gasteiger partial charge in [-0.2, -0.15) is 0 Å². The molecule has 3 aromatic carbocycles. The number of nitrogens with one attached hydrogen (secondary N) is 1. The molecule has 4 rings (SSSR count). The molecule has 0 saturated carbocycles. The first-order chi connectivity index (χ1) is 16.0. The van der Waals surface area contributed by atoms with E-state index in [1.54, 1.807) is 49.2 Å². The number of anilines is 1. The first-order valence-corrected chi connectivity index (χ1v) is 11.7. The van der Waals surface area contributed by atoms with Crippen LogP contribution < -0.4 is 14.8 Å². The Hall–Kier alpha value is -3.16. The Bertz CT molecular complexity index is 1150. The number of carbonyl (C=O) groups excluding carboxylic acids is 2. The zero-order valence-electron chi connectivity index (χ0n) is 18.2. The predicted molar refractivity (Wildman–Crippen MR) is 131 cm³/mol. The Morgan fingerprint density at radius 2 is 1.79 bits per heavy atom. The average Bonchev–Trinajstić information content (AvgIpc) is 3.20. The van der Waals surface area contributed by atoms with Crippen LogP contribution in [0.1, 0.15) is 26.9 Å². The Morgan fingerprint density at radius 3 is 2.45 bits per heavy atom. The molecule has 0 aromatic heterocycles. The summed E-state index contributed by atoms with van der Waals surface area (Å²) < 4.78 is 10.5. The maximum atomic E-state index is 12.8. The Balaban J connectivity index is 1.47. The number of carbonyl (C=O) groups is 2. The summed E-state index contributed by atoms with van der Waals surface area (Å²) in [6.07, 6.45) is 0. The van der Waals surface area contributed by atoms with E-state index >= 15 is 0 Å². The number of thioether (sulfide) groups is 1. The molecule has 0 radical (unpaired) electrons. The fraction of sp³-hybridized carbons (Fsp3) is 0.200. The molecule has 0 aliphatic carbocycles. The van der Waals surface area contributed by atoms with Crippen molar-refractivity contribution in [2.24, 2.45) is 0 Å². The van der Waals surface area contributed by atoms with Crippen molar-refractivity contribution in [2.45, 2.75) is 11.9 Å². The van der Waals surface area contributed by atoms with E-state index in [1.165, 1.54) is 7.11 Å². The highest BCUT2D eigenvalue weighted by Gasteiger charge is 2.32. The Kier molecular flexibility index (Phi) is 7.11. The van der Waals surface area contributed by atoms with E-state index in [0.29, 0.717) is 40.1 Å². The molecule has 1 aliphatic heterocycles. The molecule has 1 N–H and O–H groups in total. The molecule has 2 amide bonds. The van der Waals surface area contributed by atoms with Crippen molar-refractivity contribution in [2.75, 3.05) is 25.3 Å². The van der Waals surface area contributed by atoms with E-state index in [1.807, 2.05) is 41.3 Å². The van der Waals surface area contributed by atoms with E-state index in [2.05, 4.69) is 5.32 Å². The molecular formula is C25H23ClN2O4S. The van der Waals surface area contributed by atoms with Gasteiger partial charge >= 0.3 is 0 Å². The van der Waals surface area contributed by atoms with Crippen LogP contribution in [0, 0.1) is 0 Å². The van der Waals surface area contributed by atoms with Crippen molar-refractivity contribution in [3.05, 3.63) is 88.4 Å². The Labute approximate surface area is 201 Å². The van der Waals surface area contributed by atoms with Crippen molar-refractivity contribution in [1.29, 1.82) is 0 Å². The number of methoxy groups -OCH3 is 2. The van der Waals surface area contributed by atoms with Gasteiger partial charge in [-0.3, -0.25) is 9.59 Å². The Morgan fingerprint density at radius 1 is 1.06 bits per heavy atom. The lowest BCUT2D eigenvalue weighted by atomic mass is 10.1. The molecule has 1 saturated heterocycles. The van der Waals surface area contributed by atoms with Crippen LogP contribution in [0.15, 0.2) is 66.7 Å². The number of ether oxygens (including phenoxy) is 2. The lowest BCUT2D eigenvalue weighted by molar-refractivity contribution is -0.128. The molecule has 6 nitrogen and oxygen atoms in total. The second kappa shape index (κ2) is 10.2. The molecule has 0 unspecified atom stereocenters. The molecule has 1 atom stereocenters. The molecule has 8 heteroatoms. The summed E-state index contributed by atoms with van der Waals surface area (Å²) in [5.41, 5.74) is 3.05. The van der Waals surface area contributed by atoms with Crippen molar-refractivity contribution < 1.29 is 19.1 Å². The maximum Gasteiger partial charge on any atom is 0.255 e. The van der Waals surface area contributed by atoms with Crippen LogP contribution in [0.2, 0.25) is 5.02 Å². The fourth-order valence-corrected chi connectivity index (χ4v) is 4.90. The third-order valence-corrected chi connectivity index (χ3v) is 6.86. The van der Waals surface area contributed by atoms with Crippen molar-refractivity contribution in [3.8, 4) is 11.5 Å². The van der Waals surface area contributed by atoms with Crippen LogP contribution in [0.5, 0.6) is 11.5 Å². The minimum absolute atomic E-state index is 0.0911. The second-order valence-corrected chi connectivity index (χ2v) is 8.96. The zero-order chi connectivity index (χ0) is 23.4. The third-order valence-electron chi connectivity index (χ3n) is 5.35. The predicted octanol–water partition coefficient (Wildman–Crippen LogP) is 5.38. The highest BCUT2D eigenvalue weighted by atomic mass is 35.5. The van der Waals surface area contributed by atoms with Gasteiger partial charge in [0.25, 0.3) is 5.91 Å². The first kappa shape index (κ1) is 23.0. The first-order valence-electron chi connectivity index (χ1n) is 10.3. The van der Waals surface area contributed by atoms with Crippen LogP contribution in [-0.2, 0) is 11.3 Å². The van der Waals surface area contributed by atoms with Crippen LogP contribution in [-0.4, -0.2) is 36.7 Å². The minimum Gasteiger partial charge on any atom is -0.497 e. The summed E-state index contributed by atoms with van der Waals surface area (Å²) in [6, 6.07) is 20.0. The summed E-state index contributed by atoms with van der Waals surface area (Å²) >= 11 is 7.55. The van der Waals surface area contributed by atoms with E-state index < -0.39 is 0 Å². The monoisotopic (exact) mass is 482 g/mol. The molecule has 1 fully saturated rings. The number of rotatable bonds is 7. The standard InChI is InChI=1S/C25H23ClN2O4S/c1-31-20-11-12-21(22(13-20)32-2)27-24(30)17-5-7-18(8-6-17)25-28(23(29)15-33-25)14-16-3-9-19(26)10-4-16/h3-13,25H,14-15H2,1-2H3,(H,27,30)/t25-/m1/s1. The van der Waals surface area contributed by atoms with Crippen LogP contribution in [0.3, 0.4) is 0 Å². The van der Waals surface area contributed by atoms with Crippen molar-refractivity contribution in [3.63, 3.8) is 0 Å². The molecule has 0 bridgehead atoms. The van der Waals surface area contributed by atoms with Gasteiger partial charge in [0.05, 0.1) is 25.7 Å². The molecular weight excluding hydrogens is 460 g/mol. The summed E-state index contributed by atoms with van der Waals surface area (Å²) in [7, 11) is 3.11. The lowest BCUT2D eigenvalue weighted by Crippen LogP contribution is -2.27. The number of nitrogens with zero attached hydrogens (tertiary/aromatic N) is 1. The van der Waals surface area contributed by atoms with E-state index in [9.17, 15) is 9.59 Å². The zero-order valence-corrected chi connectivity index (χ0v) is 19.8. The van der Waals surface area contributed by atoms with Gasteiger partial charge in [0.1, 0.15) is 16.9 Å². The quantitative estimate of drug-likeness (QED) is 0.489. The average molecular weight is 483 g/mol. The van der Waals surface area contributed by atoms with Crippen LogP contribution in [0.25, 0.3) is 0 Å². The van der Waals surface area contributed by atoms with Gasteiger partial charge in [0.15, 0.2) is 0 Å². The fourth-order valence-electron chi connectivity index (χ4n) is 3.58. The van der Waals surface area contributed by atoms with E-state index in [-0.39, 0.29) is 17.2 Å². The number of hydrogen-bond acceptors (Lipinski definition) is 5. The highest BCUT2D eigenvalue weighted by molar-refractivity contribution is 8.00. The SMILES string of the molecule is COc1ccc(NC(=O)c2ccc([C@H]3SCC(=O)N3Cc3ccc(Cl)cc3)cc2)c(OC)c1. The largest absolute Gasteiger partial charge is 0.497 e. The lowest BCUT2D eigenvalue weighted by Gasteiger charge is -2.24. The van der Waals surface area contributed by atoms with E-state index in [0.717, 1.165) is 11.1 Å². The number of benzene rings is 3. The summed E-state index contributed by atoms with van der Waals surface area (Å²) in [4.78, 5) is 27.1. The van der Waals surface area contributed by atoms with Gasteiger partial charge < -0.3 is 19.7 Å². The van der Waals surface area contributed by atoms with Crippen LogP contribution in [0.4, 0.5) is 5.69 Å². The molecule has 3 aromatic rings. The minimum atomic E-state index is -0.252. The summed E-state index contributed by atoms with van der Waals surface area (Å²) in [6.45, 7) is 0.507. The summed E-state index contributed by atoms with van der Waals surface area (Å²) in [5, 5.41) is 3.43. The van der Waals surface area contributed by atoms with Gasteiger partial charge in [0, 0.05) is 23.2 Å². The highest BCUT2D eigenvalue weighted by Crippen LogP contribution is 2.39. The van der Waals surface area contributed by atoms with Crippen molar-refractivity contribution >= 4 is 40.9 Å². The topological polar surface area (TPSA) is 67.9 Å². The second-order valence-electron chi connectivity index (χ2n) is 7.45.